The monoisotopic (exact) mass is 330 g/mol. The number of allylic oxidation sites excluding steroid dienone is 1. The molecule has 24 heavy (non-hydrogen) atoms. The Kier molecular flexibility index (Phi) is 4.26. The first kappa shape index (κ1) is 15.6. The van der Waals surface area contributed by atoms with Gasteiger partial charge in [0, 0.05) is 44.5 Å². The molecule has 1 aromatic heterocycles. The summed E-state index contributed by atoms with van der Waals surface area (Å²) in [5, 5.41) is 14.3. The molecule has 0 spiro atoms. The first-order valence-electron chi connectivity index (χ1n) is 8.95. The fourth-order valence-corrected chi connectivity index (χ4v) is 4.63. The largest absolute Gasteiger partial charge is 0.388 e. The summed E-state index contributed by atoms with van der Waals surface area (Å²) in [6.07, 6.45) is 8.67. The van der Waals surface area contributed by atoms with Gasteiger partial charge in [-0.1, -0.05) is 5.16 Å². The van der Waals surface area contributed by atoms with E-state index >= 15 is 0 Å². The molecule has 7 nitrogen and oxygen atoms in total. The van der Waals surface area contributed by atoms with Gasteiger partial charge in [0.25, 0.3) is 0 Å². The van der Waals surface area contributed by atoms with Crippen molar-refractivity contribution in [2.75, 3.05) is 31.1 Å². The molecule has 0 radical (unpaired) electrons. The van der Waals surface area contributed by atoms with E-state index in [1.165, 1.54) is 38.6 Å². The van der Waals surface area contributed by atoms with Crippen LogP contribution in [0.4, 0.5) is 6.01 Å². The Hall–Kier alpha value is -1.89. The van der Waals surface area contributed by atoms with Crippen molar-refractivity contribution in [3.05, 3.63) is 18.1 Å². The lowest BCUT2D eigenvalue weighted by molar-refractivity contribution is -0.0290. The van der Waals surface area contributed by atoms with Gasteiger partial charge in [0.2, 0.25) is 0 Å². The number of likely N-dealkylation sites (tertiary alicyclic amines) is 1. The smallest absolute Gasteiger partial charge is 0.324 e. The molecule has 2 unspecified atom stereocenters. The number of nitrogens with one attached hydrogen (secondary N) is 2. The van der Waals surface area contributed by atoms with Gasteiger partial charge in [-0.3, -0.25) is 4.90 Å². The number of nitrogens with zero attached hydrogens (tertiary/aromatic N) is 4. The van der Waals surface area contributed by atoms with Crippen LogP contribution in [0.5, 0.6) is 0 Å². The fourth-order valence-electron chi connectivity index (χ4n) is 4.63. The molecule has 0 amide bonds. The summed E-state index contributed by atoms with van der Waals surface area (Å²) >= 11 is 0. The Morgan fingerprint density at radius 3 is 2.62 bits per heavy atom. The maximum Gasteiger partial charge on any atom is 0.324 e. The van der Waals surface area contributed by atoms with E-state index in [-0.39, 0.29) is 0 Å². The van der Waals surface area contributed by atoms with Crippen molar-refractivity contribution in [2.24, 2.45) is 11.8 Å². The second-order valence-corrected chi connectivity index (χ2v) is 7.28. The molecule has 2 atom stereocenters. The van der Waals surface area contributed by atoms with E-state index in [1.54, 1.807) is 6.08 Å². The van der Waals surface area contributed by atoms with Crippen LogP contribution in [0.3, 0.4) is 0 Å². The Morgan fingerprint density at radius 2 is 2.00 bits per heavy atom. The molecule has 3 saturated heterocycles. The van der Waals surface area contributed by atoms with E-state index in [0.29, 0.717) is 17.9 Å². The number of aromatic nitrogens is 2. The van der Waals surface area contributed by atoms with Gasteiger partial charge in [-0.25, -0.2) is 0 Å². The van der Waals surface area contributed by atoms with Crippen molar-refractivity contribution in [1.82, 2.24) is 20.4 Å². The number of hydrogen-bond donors (Lipinski definition) is 2. The Bertz CT molecular complexity index is 594. The number of anilines is 1. The maximum absolute atomic E-state index is 7.01. The third-order valence-electron chi connectivity index (χ3n) is 5.74. The van der Waals surface area contributed by atoms with Gasteiger partial charge in [-0.15, -0.1) is 0 Å². The minimum atomic E-state index is 0.551. The zero-order valence-electron chi connectivity index (χ0n) is 14.2. The third-order valence-corrected chi connectivity index (χ3v) is 5.74. The molecular formula is C17H26N6O. The minimum Gasteiger partial charge on any atom is -0.388 e. The van der Waals surface area contributed by atoms with E-state index in [1.807, 2.05) is 13.1 Å². The van der Waals surface area contributed by atoms with Crippen molar-refractivity contribution in [2.45, 2.75) is 38.3 Å². The first-order valence-corrected chi connectivity index (χ1v) is 8.95. The highest BCUT2D eigenvalue weighted by Gasteiger charge is 2.50. The lowest BCUT2D eigenvalue weighted by Gasteiger charge is -2.58. The van der Waals surface area contributed by atoms with Crippen LogP contribution in [-0.4, -0.2) is 59.5 Å². The maximum atomic E-state index is 7.01. The van der Waals surface area contributed by atoms with Crippen LogP contribution >= 0.6 is 0 Å². The molecule has 5 rings (SSSR count). The van der Waals surface area contributed by atoms with Gasteiger partial charge in [0.15, 0.2) is 5.82 Å². The number of fused-ring (bicyclic) bond motifs is 2. The fraction of sp³-hybridized carbons (Fsp3) is 0.706. The number of piperidine rings is 3. The van der Waals surface area contributed by atoms with Gasteiger partial charge in [0.1, 0.15) is 0 Å². The second kappa shape index (κ2) is 6.55. The van der Waals surface area contributed by atoms with E-state index < -0.39 is 0 Å². The van der Waals surface area contributed by atoms with Crippen LogP contribution in [0.15, 0.2) is 16.8 Å². The SMILES string of the molecule is Cc1noc(N2CC3CC(C2)C3N2CCC(N/C=C\C=N)CC2)n1. The molecule has 1 saturated carbocycles. The number of hydrogen-bond acceptors (Lipinski definition) is 7. The number of rotatable bonds is 5. The molecule has 2 N–H and O–H groups in total. The standard InChI is InChI=1S/C17H26N6O/c1-12-20-17(24-21-12)23-10-13-9-14(11-23)16(13)22-7-3-15(4-8-22)19-6-2-5-18/h2,5-6,13-16,18-19H,3-4,7-11H2,1H3/b6-2-,18-5?. The van der Waals surface area contributed by atoms with Gasteiger partial charge in [0.05, 0.1) is 0 Å². The second-order valence-electron chi connectivity index (χ2n) is 7.28. The zero-order chi connectivity index (χ0) is 16.5. The molecular weight excluding hydrogens is 304 g/mol. The Balaban J connectivity index is 1.29. The average Bonchev–Trinajstić information content (AvgIpc) is 3.03. The van der Waals surface area contributed by atoms with Crippen LogP contribution in [0.1, 0.15) is 25.1 Å². The molecule has 1 aromatic rings. The molecule has 4 aliphatic rings. The summed E-state index contributed by atoms with van der Waals surface area (Å²) in [5.74, 6) is 2.18. The molecule has 4 fully saturated rings. The Labute approximate surface area is 142 Å². The molecule has 1 aliphatic carbocycles. The van der Waals surface area contributed by atoms with Crippen LogP contribution in [-0.2, 0) is 0 Å². The lowest BCUT2D eigenvalue weighted by Crippen LogP contribution is -2.66. The van der Waals surface area contributed by atoms with E-state index in [2.05, 4.69) is 25.3 Å². The van der Waals surface area contributed by atoms with Crippen molar-refractivity contribution in [3.63, 3.8) is 0 Å². The summed E-state index contributed by atoms with van der Waals surface area (Å²) in [5.41, 5.74) is 0. The van der Waals surface area contributed by atoms with Crippen LogP contribution in [0, 0.1) is 24.2 Å². The molecule has 7 heteroatoms. The van der Waals surface area contributed by atoms with E-state index in [0.717, 1.165) is 31.0 Å². The third kappa shape index (κ3) is 2.92. The summed E-state index contributed by atoms with van der Waals surface area (Å²) in [4.78, 5) is 9.35. The van der Waals surface area contributed by atoms with Crippen LogP contribution in [0.25, 0.3) is 0 Å². The van der Waals surface area contributed by atoms with E-state index in [9.17, 15) is 0 Å². The van der Waals surface area contributed by atoms with Gasteiger partial charge in [-0.2, -0.15) is 4.98 Å². The highest BCUT2D eigenvalue weighted by molar-refractivity contribution is 5.67. The molecule has 130 valence electrons. The molecule has 3 aliphatic heterocycles. The first-order chi connectivity index (χ1) is 11.7. The topological polar surface area (TPSA) is 81.3 Å². The zero-order valence-corrected chi connectivity index (χ0v) is 14.2. The summed E-state index contributed by atoms with van der Waals surface area (Å²) in [7, 11) is 0. The molecule has 4 heterocycles. The van der Waals surface area contributed by atoms with Gasteiger partial charge < -0.3 is 20.1 Å². The van der Waals surface area contributed by atoms with Crippen molar-refractivity contribution in [3.8, 4) is 0 Å². The van der Waals surface area contributed by atoms with Crippen molar-refractivity contribution >= 4 is 12.2 Å². The highest BCUT2D eigenvalue weighted by Crippen LogP contribution is 2.44. The van der Waals surface area contributed by atoms with Gasteiger partial charge in [-0.05, 0) is 50.3 Å². The number of aryl methyl sites for hydroxylation is 1. The summed E-state index contributed by atoms with van der Waals surface area (Å²) in [6, 6.07) is 1.99. The van der Waals surface area contributed by atoms with Crippen molar-refractivity contribution < 1.29 is 4.52 Å². The average molecular weight is 330 g/mol. The highest BCUT2D eigenvalue weighted by atomic mass is 16.5. The minimum absolute atomic E-state index is 0.551. The quantitative estimate of drug-likeness (QED) is 0.795. The predicted octanol–water partition coefficient (Wildman–Crippen LogP) is 1.42. The lowest BCUT2D eigenvalue weighted by atomic mass is 9.65. The normalized spacial score (nSPS) is 31.2. The Morgan fingerprint density at radius 1 is 1.25 bits per heavy atom. The summed E-state index contributed by atoms with van der Waals surface area (Å²) < 4.78 is 5.33. The molecule has 0 aromatic carbocycles. The van der Waals surface area contributed by atoms with Crippen molar-refractivity contribution in [1.29, 1.82) is 5.41 Å². The van der Waals surface area contributed by atoms with Crippen LogP contribution in [0.2, 0.25) is 0 Å². The summed E-state index contributed by atoms with van der Waals surface area (Å²) in [6.45, 7) is 6.31. The van der Waals surface area contributed by atoms with E-state index in [4.69, 9.17) is 9.93 Å². The predicted molar refractivity (Wildman–Crippen MR) is 92.3 cm³/mol. The van der Waals surface area contributed by atoms with Gasteiger partial charge >= 0.3 is 6.01 Å². The van der Waals surface area contributed by atoms with Crippen LogP contribution < -0.4 is 10.2 Å². The molecule has 2 bridgehead atoms.